The first-order valence-electron chi connectivity index (χ1n) is 8.50. The van der Waals surface area contributed by atoms with Crippen molar-refractivity contribution in [2.24, 2.45) is 5.92 Å². The van der Waals surface area contributed by atoms with Gasteiger partial charge in [-0.15, -0.1) is 12.4 Å². The number of fused-ring (bicyclic) bond motifs is 1. The second kappa shape index (κ2) is 9.57. The van der Waals surface area contributed by atoms with Gasteiger partial charge in [-0.3, -0.25) is 4.79 Å². The lowest BCUT2D eigenvalue weighted by atomic mass is 9.93. The van der Waals surface area contributed by atoms with E-state index in [1.54, 1.807) is 6.07 Å². The van der Waals surface area contributed by atoms with Gasteiger partial charge in [0, 0.05) is 6.42 Å². The molecule has 0 spiro atoms. The maximum Gasteiger partial charge on any atom is 0.422 e. The Labute approximate surface area is 165 Å². The molecule has 27 heavy (non-hydrogen) atoms. The van der Waals surface area contributed by atoms with Crippen molar-refractivity contribution < 1.29 is 22.7 Å². The fraction of sp³-hybridized carbons (Fsp3) is 0.529. The highest BCUT2D eigenvalue weighted by atomic mass is 35.5. The zero-order valence-corrected chi connectivity index (χ0v) is 16.1. The number of alkyl halides is 3. The lowest BCUT2D eigenvalue weighted by molar-refractivity contribution is -0.153. The second-order valence-electron chi connectivity index (χ2n) is 6.33. The standard InChI is InChI=1S/C17H20F3N3O2S.ClH/c18-17(19,20)10-25-12-2-3-13-14(9-12)26-16(22-13)23-15(24)4-1-11-5-7-21-8-6-11;/h2-3,9,11,21H,1,4-8,10H2,(H,22,23,24);1H. The summed E-state index contributed by atoms with van der Waals surface area (Å²) in [4.78, 5) is 16.4. The fourth-order valence-corrected chi connectivity index (χ4v) is 3.81. The number of anilines is 1. The zero-order chi connectivity index (χ0) is 18.6. The molecule has 1 aromatic carbocycles. The second-order valence-corrected chi connectivity index (χ2v) is 7.36. The summed E-state index contributed by atoms with van der Waals surface area (Å²) in [6.45, 7) is 0.670. The van der Waals surface area contributed by atoms with Crippen molar-refractivity contribution in [2.45, 2.75) is 31.9 Å². The molecule has 0 aliphatic carbocycles. The molecule has 10 heteroatoms. The number of thiazole rings is 1. The molecular weight excluding hydrogens is 403 g/mol. The molecule has 3 rings (SSSR count). The highest BCUT2D eigenvalue weighted by Crippen LogP contribution is 2.30. The van der Waals surface area contributed by atoms with Crippen LogP contribution >= 0.6 is 23.7 Å². The predicted molar refractivity (Wildman–Crippen MR) is 102 cm³/mol. The molecule has 0 unspecified atom stereocenters. The summed E-state index contributed by atoms with van der Waals surface area (Å²) in [5, 5.41) is 6.52. The molecule has 1 amide bonds. The third-order valence-electron chi connectivity index (χ3n) is 4.25. The van der Waals surface area contributed by atoms with Gasteiger partial charge in [0.1, 0.15) is 5.75 Å². The van der Waals surface area contributed by atoms with Crippen LogP contribution in [0.15, 0.2) is 18.2 Å². The molecule has 0 bridgehead atoms. The summed E-state index contributed by atoms with van der Waals surface area (Å²) in [5.41, 5.74) is 0.614. The first kappa shape index (κ1) is 21.7. The average molecular weight is 424 g/mol. The van der Waals surface area contributed by atoms with Gasteiger partial charge in [0.05, 0.1) is 10.2 Å². The monoisotopic (exact) mass is 423 g/mol. The van der Waals surface area contributed by atoms with Gasteiger partial charge in [-0.05, 0) is 56.5 Å². The third-order valence-corrected chi connectivity index (χ3v) is 5.18. The number of carbonyl (C=O) groups excluding carboxylic acids is 1. The molecule has 1 fully saturated rings. The number of amides is 1. The largest absolute Gasteiger partial charge is 0.484 e. The minimum Gasteiger partial charge on any atom is -0.484 e. The van der Waals surface area contributed by atoms with E-state index in [0.29, 0.717) is 27.7 Å². The van der Waals surface area contributed by atoms with Gasteiger partial charge in [0.15, 0.2) is 11.7 Å². The van der Waals surface area contributed by atoms with Crippen LogP contribution in [0.25, 0.3) is 10.2 Å². The van der Waals surface area contributed by atoms with Crippen LogP contribution in [0.5, 0.6) is 5.75 Å². The Balaban J connectivity index is 0.00000261. The molecule has 0 radical (unpaired) electrons. The fourth-order valence-electron chi connectivity index (χ4n) is 2.90. The molecule has 1 saturated heterocycles. The summed E-state index contributed by atoms with van der Waals surface area (Å²) in [6, 6.07) is 4.53. The van der Waals surface area contributed by atoms with E-state index in [9.17, 15) is 18.0 Å². The molecule has 0 saturated carbocycles. The molecule has 5 nitrogen and oxygen atoms in total. The zero-order valence-electron chi connectivity index (χ0n) is 14.5. The normalized spacial score (nSPS) is 15.4. The summed E-state index contributed by atoms with van der Waals surface area (Å²) >= 11 is 1.22. The number of benzene rings is 1. The lowest BCUT2D eigenvalue weighted by Crippen LogP contribution is -2.28. The van der Waals surface area contributed by atoms with E-state index in [1.807, 2.05) is 0 Å². The quantitative estimate of drug-likeness (QED) is 0.723. The topological polar surface area (TPSA) is 63.2 Å². The Morgan fingerprint density at radius 3 is 2.78 bits per heavy atom. The molecule has 0 atom stereocenters. The average Bonchev–Trinajstić information content (AvgIpc) is 3.00. The number of rotatable bonds is 6. The SMILES string of the molecule is Cl.O=C(CCC1CCNCC1)Nc1nc2ccc(OCC(F)(F)F)cc2s1. The number of aromatic nitrogens is 1. The molecule has 1 aromatic heterocycles. The Morgan fingerprint density at radius 1 is 1.33 bits per heavy atom. The van der Waals surface area contributed by atoms with Crippen molar-refractivity contribution in [1.82, 2.24) is 10.3 Å². The van der Waals surface area contributed by atoms with E-state index in [2.05, 4.69) is 15.6 Å². The van der Waals surface area contributed by atoms with E-state index >= 15 is 0 Å². The number of ether oxygens (including phenoxy) is 1. The number of hydrogen-bond donors (Lipinski definition) is 2. The number of halogens is 4. The molecule has 150 valence electrons. The van der Waals surface area contributed by atoms with Gasteiger partial charge in [-0.25, -0.2) is 4.98 Å². The van der Waals surface area contributed by atoms with Crippen LogP contribution in [-0.2, 0) is 4.79 Å². The van der Waals surface area contributed by atoms with Gasteiger partial charge in [-0.2, -0.15) is 13.2 Å². The maximum atomic E-state index is 12.2. The molecule has 2 N–H and O–H groups in total. The Morgan fingerprint density at radius 2 is 2.07 bits per heavy atom. The number of nitrogens with one attached hydrogen (secondary N) is 2. The molecule has 1 aliphatic heterocycles. The molecule has 1 aliphatic rings. The van der Waals surface area contributed by atoms with Crippen LogP contribution in [0.3, 0.4) is 0 Å². The Kier molecular flexibility index (Phi) is 7.69. The highest BCUT2D eigenvalue weighted by molar-refractivity contribution is 7.22. The van der Waals surface area contributed by atoms with Crippen molar-refractivity contribution in [3.8, 4) is 5.75 Å². The van der Waals surface area contributed by atoms with Crippen LogP contribution in [0, 0.1) is 5.92 Å². The van der Waals surface area contributed by atoms with Crippen LogP contribution in [0.4, 0.5) is 18.3 Å². The predicted octanol–water partition coefficient (Wildman–Crippen LogP) is 4.38. The Hall–Kier alpha value is -1.58. The van der Waals surface area contributed by atoms with Crippen molar-refractivity contribution in [2.75, 3.05) is 25.0 Å². The van der Waals surface area contributed by atoms with Crippen LogP contribution in [0.1, 0.15) is 25.7 Å². The number of hydrogen-bond acceptors (Lipinski definition) is 5. The van der Waals surface area contributed by atoms with Crippen LogP contribution in [-0.4, -0.2) is 36.8 Å². The summed E-state index contributed by atoms with van der Waals surface area (Å²) < 4.78 is 42.1. The maximum absolute atomic E-state index is 12.2. The van der Waals surface area contributed by atoms with Crippen LogP contribution in [0.2, 0.25) is 0 Å². The summed E-state index contributed by atoms with van der Waals surface area (Å²) in [7, 11) is 0. The van der Waals surface area contributed by atoms with Crippen LogP contribution < -0.4 is 15.4 Å². The van der Waals surface area contributed by atoms with Gasteiger partial charge in [-0.1, -0.05) is 11.3 Å². The highest BCUT2D eigenvalue weighted by Gasteiger charge is 2.28. The van der Waals surface area contributed by atoms with Crippen molar-refractivity contribution in [1.29, 1.82) is 0 Å². The van der Waals surface area contributed by atoms with Crippen molar-refractivity contribution in [3.63, 3.8) is 0 Å². The minimum absolute atomic E-state index is 0. The smallest absolute Gasteiger partial charge is 0.422 e. The first-order chi connectivity index (χ1) is 12.4. The minimum atomic E-state index is -4.38. The van der Waals surface area contributed by atoms with Gasteiger partial charge >= 0.3 is 6.18 Å². The van der Waals surface area contributed by atoms with Crippen molar-refractivity contribution >= 4 is 45.0 Å². The van der Waals surface area contributed by atoms with E-state index in [1.165, 1.54) is 23.5 Å². The molecule has 2 aromatic rings. The Bertz CT molecular complexity index is 763. The van der Waals surface area contributed by atoms with E-state index < -0.39 is 12.8 Å². The van der Waals surface area contributed by atoms with Gasteiger partial charge in [0.2, 0.25) is 5.91 Å². The van der Waals surface area contributed by atoms with Crippen molar-refractivity contribution in [3.05, 3.63) is 18.2 Å². The van der Waals surface area contributed by atoms with Gasteiger partial charge < -0.3 is 15.4 Å². The molecule has 2 heterocycles. The first-order valence-corrected chi connectivity index (χ1v) is 9.31. The summed E-state index contributed by atoms with van der Waals surface area (Å²) in [6.07, 6.45) is -0.894. The van der Waals surface area contributed by atoms with E-state index in [4.69, 9.17) is 4.74 Å². The van der Waals surface area contributed by atoms with E-state index in [-0.39, 0.29) is 24.1 Å². The molecular formula is C17H21ClF3N3O2S. The lowest BCUT2D eigenvalue weighted by Gasteiger charge is -2.21. The third kappa shape index (κ3) is 6.82. The van der Waals surface area contributed by atoms with Gasteiger partial charge in [0.25, 0.3) is 0 Å². The van der Waals surface area contributed by atoms with E-state index in [0.717, 1.165) is 32.4 Å². The summed E-state index contributed by atoms with van der Waals surface area (Å²) in [5.74, 6) is 0.615. The number of piperidine rings is 1. The number of carbonyl (C=O) groups is 1. The number of nitrogens with zero attached hydrogens (tertiary/aromatic N) is 1.